The van der Waals surface area contributed by atoms with Crippen LogP contribution < -0.4 is 16.0 Å². The van der Waals surface area contributed by atoms with Gasteiger partial charge in [0, 0.05) is 5.56 Å². The summed E-state index contributed by atoms with van der Waals surface area (Å²) in [6.07, 6.45) is 0. The number of carbonyl (C=O) groups is 1. The summed E-state index contributed by atoms with van der Waals surface area (Å²) >= 11 is 0. The third-order valence-corrected chi connectivity index (χ3v) is 7.17. The molecule has 0 bridgehead atoms. The molecule has 34 heavy (non-hydrogen) atoms. The van der Waals surface area contributed by atoms with Gasteiger partial charge in [-0.25, -0.2) is 27.4 Å². The lowest BCUT2D eigenvalue weighted by Crippen LogP contribution is -2.28. The van der Waals surface area contributed by atoms with E-state index in [9.17, 15) is 21.6 Å². The maximum atomic E-state index is 13.2. The molecule has 1 amide bonds. The van der Waals surface area contributed by atoms with Crippen LogP contribution in [0.15, 0.2) is 105 Å². The lowest BCUT2D eigenvalue weighted by Gasteiger charge is -2.10. The van der Waals surface area contributed by atoms with Crippen molar-refractivity contribution in [2.24, 2.45) is 15.3 Å². The molecule has 3 aromatic rings. The van der Waals surface area contributed by atoms with Crippen LogP contribution in [-0.2, 0) is 19.9 Å². The minimum atomic E-state index is -4.12. The number of sulfonamides is 1. The lowest BCUT2D eigenvalue weighted by molar-refractivity contribution is 0.0955. The van der Waals surface area contributed by atoms with E-state index in [1.807, 2.05) is 0 Å². The predicted molar refractivity (Wildman–Crippen MR) is 130 cm³/mol. The van der Waals surface area contributed by atoms with Gasteiger partial charge in [0.2, 0.25) is 24.9 Å². The number of nitrogens with one attached hydrogen (secondary N) is 2. The molecule has 0 unspecified atom stereocenters. The molecule has 4 N–H and O–H groups in total. The molecule has 0 atom stereocenters. The lowest BCUT2D eigenvalue weighted by atomic mass is 10.2. The van der Waals surface area contributed by atoms with Crippen molar-refractivity contribution in [3.8, 4) is 0 Å². The van der Waals surface area contributed by atoms with Crippen LogP contribution >= 0.6 is 0 Å². The van der Waals surface area contributed by atoms with Gasteiger partial charge in [-0.05, 0) is 55.5 Å². The summed E-state index contributed by atoms with van der Waals surface area (Å²) in [6.45, 7) is 1.39. The monoisotopic (exact) mass is 499 g/mol. The van der Waals surface area contributed by atoms with E-state index in [-0.39, 0.29) is 15.5 Å². The Balaban J connectivity index is 1.94. The highest BCUT2D eigenvalue weighted by Crippen LogP contribution is 2.16. The van der Waals surface area contributed by atoms with Crippen LogP contribution in [0.4, 0.5) is 5.69 Å². The molecule has 0 saturated heterocycles. The Morgan fingerprint density at radius 1 is 0.765 bits per heavy atom. The molecule has 0 aliphatic heterocycles. The van der Waals surface area contributed by atoms with Crippen molar-refractivity contribution in [1.82, 2.24) is 5.43 Å². The van der Waals surface area contributed by atoms with Gasteiger partial charge in [0.05, 0.1) is 21.2 Å². The smallest absolute Gasteiger partial charge is 0.271 e. The summed E-state index contributed by atoms with van der Waals surface area (Å²) in [4.78, 5) is 12.2. The molecule has 12 heteroatoms. The standard InChI is InChI=1S/C22H21N5O5S2/c1-16(24-26-21(28)17-8-4-2-5-9-17)22(33(29,30)19-10-6-3-7-11-19)27-25-18-12-14-20(15-13-18)34(23,31)32/h2-15,25H,1H3,(H,26,28)(H2,23,31,32)/b24-16+,27-22-. The number of rotatable bonds is 7. The minimum Gasteiger partial charge on any atom is -0.277 e. The molecule has 3 rings (SSSR count). The number of primary sulfonamides is 1. The summed E-state index contributed by atoms with van der Waals surface area (Å²) < 4.78 is 49.3. The van der Waals surface area contributed by atoms with E-state index < -0.39 is 30.8 Å². The van der Waals surface area contributed by atoms with Crippen LogP contribution in [0.3, 0.4) is 0 Å². The Bertz CT molecular complexity index is 1440. The number of benzene rings is 3. The van der Waals surface area contributed by atoms with E-state index >= 15 is 0 Å². The average Bonchev–Trinajstić information content (AvgIpc) is 2.83. The van der Waals surface area contributed by atoms with Gasteiger partial charge in [0.15, 0.2) is 0 Å². The summed E-state index contributed by atoms with van der Waals surface area (Å²) in [5.41, 5.74) is 5.46. The number of hydrazone groups is 2. The van der Waals surface area contributed by atoms with Gasteiger partial charge in [0.25, 0.3) is 5.91 Å². The molecule has 0 fully saturated rings. The molecule has 10 nitrogen and oxygen atoms in total. The minimum absolute atomic E-state index is 0.0240. The second-order valence-corrected chi connectivity index (χ2v) is 10.3. The van der Waals surface area contributed by atoms with Crippen LogP contribution in [-0.4, -0.2) is 33.5 Å². The SMILES string of the molecule is CC(=N\NC(=O)c1ccccc1)/C(=N/Nc1ccc(S(N)(=O)=O)cc1)S(=O)(=O)c1ccccc1. The van der Waals surface area contributed by atoms with Crippen molar-refractivity contribution in [2.45, 2.75) is 16.7 Å². The molecule has 0 aliphatic carbocycles. The highest BCUT2D eigenvalue weighted by molar-refractivity contribution is 8.08. The number of nitrogens with zero attached hydrogens (tertiary/aromatic N) is 2. The van der Waals surface area contributed by atoms with E-state index in [1.165, 1.54) is 43.3 Å². The van der Waals surface area contributed by atoms with Crippen LogP contribution in [0.2, 0.25) is 0 Å². The Hall–Kier alpha value is -3.87. The highest BCUT2D eigenvalue weighted by atomic mass is 32.2. The van der Waals surface area contributed by atoms with Crippen molar-refractivity contribution in [2.75, 3.05) is 5.43 Å². The van der Waals surface area contributed by atoms with E-state index in [4.69, 9.17) is 5.14 Å². The molecule has 3 aromatic carbocycles. The van der Waals surface area contributed by atoms with Gasteiger partial charge < -0.3 is 0 Å². The largest absolute Gasteiger partial charge is 0.277 e. The van der Waals surface area contributed by atoms with Crippen molar-refractivity contribution < 1.29 is 21.6 Å². The number of anilines is 1. The fourth-order valence-electron chi connectivity index (χ4n) is 2.72. The van der Waals surface area contributed by atoms with E-state index in [0.717, 1.165) is 0 Å². The number of hydrogen-bond acceptors (Lipinski definition) is 8. The normalized spacial score (nSPS) is 12.8. The first kappa shape index (κ1) is 24.8. The second-order valence-electron chi connectivity index (χ2n) is 6.92. The number of nitrogens with two attached hydrogens (primary N) is 1. The zero-order chi connectivity index (χ0) is 24.8. The number of amides is 1. The van der Waals surface area contributed by atoms with E-state index in [0.29, 0.717) is 11.3 Å². The number of carbonyl (C=O) groups excluding carboxylic acids is 1. The third-order valence-electron chi connectivity index (χ3n) is 4.45. The van der Waals surface area contributed by atoms with Crippen LogP contribution in [0.25, 0.3) is 0 Å². The first-order valence-corrected chi connectivity index (χ1v) is 12.8. The van der Waals surface area contributed by atoms with Gasteiger partial charge >= 0.3 is 0 Å². The van der Waals surface area contributed by atoms with Crippen LogP contribution in [0.5, 0.6) is 0 Å². The second kappa shape index (κ2) is 10.4. The third kappa shape index (κ3) is 6.13. The molecule has 0 aromatic heterocycles. The van der Waals surface area contributed by atoms with Crippen molar-refractivity contribution in [3.63, 3.8) is 0 Å². The maximum absolute atomic E-state index is 13.2. The Kier molecular flexibility index (Phi) is 7.56. The Morgan fingerprint density at radius 3 is 1.88 bits per heavy atom. The maximum Gasteiger partial charge on any atom is 0.271 e. The summed E-state index contributed by atoms with van der Waals surface area (Å²) in [7, 11) is -8.01. The molecular weight excluding hydrogens is 478 g/mol. The van der Waals surface area contributed by atoms with Crippen molar-refractivity contribution in [1.29, 1.82) is 0 Å². The zero-order valence-electron chi connectivity index (χ0n) is 17.9. The van der Waals surface area contributed by atoms with Crippen molar-refractivity contribution in [3.05, 3.63) is 90.5 Å². The van der Waals surface area contributed by atoms with Crippen LogP contribution in [0, 0.1) is 0 Å². The van der Waals surface area contributed by atoms with Crippen LogP contribution in [0.1, 0.15) is 17.3 Å². The number of hydrogen-bond donors (Lipinski definition) is 3. The van der Waals surface area contributed by atoms with E-state index in [2.05, 4.69) is 21.1 Å². The van der Waals surface area contributed by atoms with Gasteiger partial charge in [0.1, 0.15) is 0 Å². The van der Waals surface area contributed by atoms with Crippen molar-refractivity contribution >= 4 is 42.2 Å². The van der Waals surface area contributed by atoms with Gasteiger partial charge in [-0.2, -0.15) is 10.2 Å². The molecule has 0 aliphatic rings. The summed E-state index contributed by atoms with van der Waals surface area (Å²) in [6, 6.07) is 21.1. The molecule has 0 spiro atoms. The number of sulfone groups is 1. The fraction of sp³-hybridized carbons (Fsp3) is 0.0455. The quantitative estimate of drug-likeness (QED) is 0.257. The highest BCUT2D eigenvalue weighted by Gasteiger charge is 2.26. The molecular formula is C22H21N5O5S2. The van der Waals surface area contributed by atoms with Gasteiger partial charge in [-0.15, -0.1) is 0 Å². The summed E-state index contributed by atoms with van der Waals surface area (Å²) in [5, 5.41) is 12.6. The first-order valence-electron chi connectivity index (χ1n) is 9.76. The molecule has 0 saturated carbocycles. The van der Waals surface area contributed by atoms with Gasteiger partial charge in [-0.1, -0.05) is 36.4 Å². The van der Waals surface area contributed by atoms with Gasteiger partial charge in [-0.3, -0.25) is 10.2 Å². The topological polar surface area (TPSA) is 160 Å². The average molecular weight is 500 g/mol. The molecule has 0 radical (unpaired) electrons. The predicted octanol–water partition coefficient (Wildman–Crippen LogP) is 2.34. The first-order chi connectivity index (χ1) is 16.1. The molecule has 176 valence electrons. The zero-order valence-corrected chi connectivity index (χ0v) is 19.5. The fourth-order valence-corrected chi connectivity index (χ4v) is 4.57. The Morgan fingerprint density at radius 2 is 1.32 bits per heavy atom. The summed E-state index contributed by atoms with van der Waals surface area (Å²) in [5.74, 6) is -0.525. The van der Waals surface area contributed by atoms with E-state index in [1.54, 1.807) is 48.5 Å². The molecule has 0 heterocycles. The Labute approximate surface area is 197 Å².